The van der Waals surface area contributed by atoms with Crippen LogP contribution in [0.3, 0.4) is 0 Å². The van der Waals surface area contributed by atoms with Crippen molar-refractivity contribution in [2.24, 2.45) is 10.2 Å². The number of allylic oxidation sites excluding steroid dienone is 1. The molecule has 0 saturated carbocycles. The summed E-state index contributed by atoms with van der Waals surface area (Å²) >= 11 is 2.74. The van der Waals surface area contributed by atoms with E-state index in [1.54, 1.807) is 24.7 Å². The molecule has 8 heterocycles. The minimum absolute atomic E-state index is 0. The number of morpholine rings is 1. The second-order valence-electron chi connectivity index (χ2n) is 10.7. The van der Waals surface area contributed by atoms with Gasteiger partial charge in [0.15, 0.2) is 0 Å². The van der Waals surface area contributed by atoms with Gasteiger partial charge in [0.25, 0.3) is 0 Å². The second kappa shape index (κ2) is 10.7. The zero-order valence-corrected chi connectivity index (χ0v) is 25.0. The van der Waals surface area contributed by atoms with E-state index < -0.39 is 11.6 Å². The number of hydrogen-bond acceptors (Lipinski definition) is 10. The third-order valence-corrected chi connectivity index (χ3v) is 10.3. The number of piperidine rings is 1. The fraction of sp³-hybridized carbons (Fsp3) is 0.423. The number of nitrogens with zero attached hydrogens (tertiary/aromatic N) is 6. The summed E-state index contributed by atoms with van der Waals surface area (Å²) in [7, 11) is 4.49. The zero-order valence-electron chi connectivity index (χ0n) is 21.8. The van der Waals surface area contributed by atoms with Crippen LogP contribution in [0.25, 0.3) is 6.20 Å². The van der Waals surface area contributed by atoms with Gasteiger partial charge in [-0.1, -0.05) is 12.1 Å². The molecule has 0 radical (unpaired) electrons. The topological polar surface area (TPSA) is 146 Å². The van der Waals surface area contributed by atoms with Gasteiger partial charge in [-0.05, 0) is 22.9 Å². The van der Waals surface area contributed by atoms with Crippen LogP contribution in [0.15, 0.2) is 69.1 Å². The van der Waals surface area contributed by atoms with E-state index in [1.807, 2.05) is 33.7 Å². The van der Waals surface area contributed by atoms with Crippen LogP contribution < -0.4 is 17.0 Å². The van der Waals surface area contributed by atoms with Crippen LogP contribution in [0.1, 0.15) is 28.4 Å². The summed E-state index contributed by atoms with van der Waals surface area (Å²) in [5.41, 5.74) is 0.320. The first kappa shape index (κ1) is 28.9. The number of aliphatic hydroxyl groups is 1. The monoisotopic (exact) mass is 648 g/mol. The summed E-state index contributed by atoms with van der Waals surface area (Å²) in [6.45, 7) is 0. The molecule has 0 amide bonds. The average molecular weight is 650 g/mol. The number of carbonyl (C=O) groups excluding carboxylic acids is 1. The molecule has 40 heavy (non-hydrogen) atoms. The van der Waals surface area contributed by atoms with Gasteiger partial charge in [0, 0.05) is 31.0 Å². The normalized spacial score (nSPS) is 27.8. The highest BCUT2D eigenvalue weighted by Crippen LogP contribution is 2.52. The standard InChI is InChI=1S/C19H22NO4S2.C7H5N5.BrH.H2O/c1-20(2)12-9-11(10-13(20)17-16(12)24-17)23-18(21)19(22,14-5-3-7-25-14)15-6-4-8-26-15;1-5-2-8-10-6(5)3-12-4-9-11-7(1)12;;/h3-8,11-13,16-17,22H,9-10H2,1-2H3;2-4H,1H2;1H;1H2/q+1;;;/p-1/t11-,12-,13+,16-,17+;;;. The van der Waals surface area contributed by atoms with E-state index in [9.17, 15) is 9.90 Å². The van der Waals surface area contributed by atoms with Crippen molar-refractivity contribution in [2.45, 2.75) is 55.3 Å². The first-order chi connectivity index (χ1) is 18.4. The molecule has 5 atom stereocenters. The molecule has 8 rings (SSSR count). The first-order valence-electron chi connectivity index (χ1n) is 12.6. The van der Waals surface area contributed by atoms with Crippen molar-refractivity contribution in [3.63, 3.8) is 0 Å². The van der Waals surface area contributed by atoms with Crippen molar-refractivity contribution in [3.8, 4) is 0 Å². The molecular weight excluding hydrogens is 620 g/mol. The predicted molar refractivity (Wildman–Crippen MR) is 144 cm³/mol. The molecule has 0 spiro atoms. The Morgan fingerprint density at radius 1 is 1.15 bits per heavy atom. The fourth-order valence-electron chi connectivity index (χ4n) is 6.17. The van der Waals surface area contributed by atoms with Crippen molar-refractivity contribution in [1.29, 1.82) is 0 Å². The van der Waals surface area contributed by atoms with Gasteiger partial charge in [0.2, 0.25) is 5.60 Å². The molecule has 5 aliphatic rings. The van der Waals surface area contributed by atoms with Gasteiger partial charge >= 0.3 is 5.97 Å². The summed E-state index contributed by atoms with van der Waals surface area (Å²) in [6, 6.07) is 8.01. The Morgan fingerprint density at radius 2 is 1.80 bits per heavy atom. The summed E-state index contributed by atoms with van der Waals surface area (Å²) in [5.74, 6) is 0.380. The van der Waals surface area contributed by atoms with Crippen LogP contribution in [0.2, 0.25) is 0 Å². The smallest absolute Gasteiger partial charge is 0.349 e. The number of likely N-dealkylation sites (N-methyl/N-ethyl adjacent to an activating group) is 1. The van der Waals surface area contributed by atoms with Crippen molar-refractivity contribution in [1.82, 2.24) is 14.8 Å². The Labute approximate surface area is 249 Å². The Balaban J connectivity index is 0.000000194. The van der Waals surface area contributed by atoms with Crippen LogP contribution in [0.4, 0.5) is 0 Å². The van der Waals surface area contributed by atoms with Crippen LogP contribution >= 0.6 is 22.7 Å². The Hall–Kier alpha value is -2.59. The Bertz CT molecular complexity index is 1410. The minimum Gasteiger partial charge on any atom is -1.00 e. The van der Waals surface area contributed by atoms with E-state index >= 15 is 0 Å². The number of esters is 1. The second-order valence-corrected chi connectivity index (χ2v) is 12.6. The lowest BCUT2D eigenvalue weighted by atomic mass is 9.95. The van der Waals surface area contributed by atoms with Crippen molar-refractivity contribution in [2.75, 3.05) is 14.1 Å². The molecule has 0 aromatic carbocycles. The lowest BCUT2D eigenvalue weighted by Crippen LogP contribution is -3.00. The maximum Gasteiger partial charge on any atom is 0.349 e. The SMILES string of the molecule is C1=C2Cc3nncn3C=C2N=N1.C[N+]1(C)[C@@H]2C[C@@H](OC(=O)C(O)(c3cccs3)c3cccs3)C[C@H]1[C@@H]1O[C@@H]12.O.[Br-]. The number of fused-ring (bicyclic) bond motifs is 7. The van der Waals surface area contributed by atoms with Crippen LogP contribution in [-0.4, -0.2) is 80.3 Å². The third kappa shape index (κ3) is 4.61. The maximum atomic E-state index is 13.1. The number of aromatic nitrogens is 3. The van der Waals surface area contributed by atoms with Gasteiger partial charge in [0.05, 0.1) is 30.0 Å². The predicted octanol–water partition coefficient (Wildman–Crippen LogP) is -0.493. The van der Waals surface area contributed by atoms with Crippen molar-refractivity contribution >= 4 is 34.8 Å². The van der Waals surface area contributed by atoms with Gasteiger partial charge in [-0.3, -0.25) is 4.57 Å². The van der Waals surface area contributed by atoms with E-state index in [0.717, 1.165) is 40.8 Å². The van der Waals surface area contributed by atoms with Crippen LogP contribution in [0, 0.1) is 0 Å². The van der Waals surface area contributed by atoms with E-state index in [-0.39, 0.29) is 28.6 Å². The Kier molecular flexibility index (Phi) is 7.72. The molecular formula is C26H29BrN6O5S2. The number of rotatable bonds is 4. The first-order valence-corrected chi connectivity index (χ1v) is 14.3. The molecule has 2 bridgehead atoms. The van der Waals surface area contributed by atoms with Crippen LogP contribution in [-0.2, 0) is 26.3 Å². The number of hydrogen-bond donors (Lipinski definition) is 1. The third-order valence-electron chi connectivity index (χ3n) is 8.33. The quantitative estimate of drug-likeness (QED) is 0.229. The summed E-state index contributed by atoms with van der Waals surface area (Å²) in [6.07, 6.45) is 8.16. The molecule has 14 heteroatoms. The highest BCUT2D eigenvalue weighted by atomic mass is 79.9. The van der Waals surface area contributed by atoms with Crippen LogP contribution in [0.5, 0.6) is 0 Å². The summed E-state index contributed by atoms with van der Waals surface area (Å²) < 4.78 is 14.5. The van der Waals surface area contributed by atoms with Gasteiger partial charge in [-0.2, -0.15) is 5.11 Å². The molecule has 5 aliphatic heterocycles. The lowest BCUT2D eigenvalue weighted by molar-refractivity contribution is -0.938. The molecule has 11 nitrogen and oxygen atoms in total. The van der Waals surface area contributed by atoms with Gasteiger partial charge in [-0.25, -0.2) is 4.79 Å². The van der Waals surface area contributed by atoms with Gasteiger partial charge < -0.3 is 41.5 Å². The molecule has 3 N–H and O–H groups in total. The average Bonchev–Trinajstić information content (AvgIpc) is 3.50. The minimum atomic E-state index is -1.72. The molecule has 0 unspecified atom stereocenters. The van der Waals surface area contributed by atoms with E-state index in [4.69, 9.17) is 9.47 Å². The summed E-state index contributed by atoms with van der Waals surface area (Å²) in [5, 5.41) is 30.6. The van der Waals surface area contributed by atoms with E-state index in [0.29, 0.717) is 34.0 Å². The van der Waals surface area contributed by atoms with E-state index in [2.05, 4.69) is 34.5 Å². The number of halogens is 1. The lowest BCUT2D eigenvalue weighted by Gasteiger charge is -2.45. The number of epoxide rings is 1. The molecule has 3 fully saturated rings. The maximum absolute atomic E-state index is 13.1. The Morgan fingerprint density at radius 3 is 2.40 bits per heavy atom. The largest absolute Gasteiger partial charge is 1.00 e. The zero-order chi connectivity index (χ0) is 26.1. The van der Waals surface area contributed by atoms with E-state index in [1.165, 1.54) is 22.7 Å². The number of quaternary nitrogens is 1. The molecule has 3 aromatic heterocycles. The number of azo groups is 1. The molecule has 3 saturated heterocycles. The molecule has 0 aliphatic carbocycles. The highest BCUT2D eigenvalue weighted by Gasteiger charge is 2.71. The molecule has 212 valence electrons. The number of ether oxygens (including phenoxy) is 2. The number of carbonyl (C=O) groups is 1. The van der Waals surface area contributed by atoms with Gasteiger partial charge in [-0.15, -0.1) is 38.0 Å². The van der Waals surface area contributed by atoms with Crippen molar-refractivity contribution in [3.05, 3.63) is 74.4 Å². The fourth-order valence-corrected chi connectivity index (χ4v) is 7.88. The summed E-state index contributed by atoms with van der Waals surface area (Å²) in [4.78, 5) is 14.3. The van der Waals surface area contributed by atoms with Gasteiger partial charge in [0.1, 0.15) is 48.2 Å². The highest BCUT2D eigenvalue weighted by molar-refractivity contribution is 7.12. The van der Waals surface area contributed by atoms with Crippen molar-refractivity contribution < 1.29 is 46.3 Å². The number of thiophene rings is 2. The molecule has 3 aromatic rings.